The van der Waals surface area contributed by atoms with E-state index >= 15 is 0 Å². The molecule has 0 aromatic rings. The van der Waals surface area contributed by atoms with E-state index in [1.165, 1.54) is 302 Å². The Morgan fingerprint density at radius 2 is 0.756 bits per heavy atom. The van der Waals surface area contributed by atoms with E-state index in [-0.39, 0.29) is 18.5 Å². The molecule has 1 aliphatic heterocycles. The molecule has 6 N–H and O–H groups in total. The maximum absolute atomic E-state index is 13.0. The maximum Gasteiger partial charge on any atom is 0.305 e. The van der Waals surface area contributed by atoms with Crippen molar-refractivity contribution in [3.63, 3.8) is 0 Å². The van der Waals surface area contributed by atoms with Gasteiger partial charge in [0.1, 0.15) is 24.4 Å². The van der Waals surface area contributed by atoms with Gasteiger partial charge in [0.05, 0.1) is 32.0 Å². The van der Waals surface area contributed by atoms with Crippen molar-refractivity contribution in [2.24, 2.45) is 0 Å². The summed E-state index contributed by atoms with van der Waals surface area (Å²) in [4.78, 5) is 25.1. The first-order chi connectivity index (χ1) is 44.2. The Labute approximate surface area is 555 Å². The standard InChI is InChI=1S/C79H149NO10/c1-3-5-7-9-11-13-14-15-44-47-51-55-59-63-67-75(84)88-68-64-60-56-52-48-45-42-40-38-36-34-32-30-28-26-24-22-20-18-16-17-19-21-23-25-27-29-31-33-35-37-39-41-43-46-50-54-58-62-66-74(83)80-71(72(82)65-61-57-53-49-12-10-8-6-4-2)70-89-79-78(87)77(86)76(85)73(69-81)90-79/h9,11,14-15,61,65,71-73,76-79,81-82,85-87H,3-8,10,12-13,16-60,62-64,66-70H2,1-2H3,(H,80,83)/b11-9-,15-14-,65-61+. The molecule has 0 saturated carbocycles. The van der Waals surface area contributed by atoms with Gasteiger partial charge < -0.3 is 45.1 Å². The molecule has 1 fully saturated rings. The summed E-state index contributed by atoms with van der Waals surface area (Å²) in [6.07, 6.45) is 79.2. The third-order valence-electron chi connectivity index (χ3n) is 18.7. The molecule has 11 heteroatoms. The fourth-order valence-corrected chi connectivity index (χ4v) is 12.6. The van der Waals surface area contributed by atoms with E-state index < -0.39 is 49.5 Å². The molecular weight excluding hydrogens is 1120 g/mol. The molecule has 1 heterocycles. The highest BCUT2D eigenvalue weighted by Crippen LogP contribution is 2.24. The molecule has 11 nitrogen and oxygen atoms in total. The first-order valence-corrected chi connectivity index (χ1v) is 39.3. The Bertz CT molecular complexity index is 1590. The highest BCUT2D eigenvalue weighted by molar-refractivity contribution is 5.76. The van der Waals surface area contributed by atoms with Crippen LogP contribution in [0, 0.1) is 0 Å². The number of amides is 1. The molecule has 0 spiro atoms. The SMILES string of the molecule is CCCC/C=C\C/C=C\CCCCCCCC(=O)OCCCCCCCCCCCCCCCCCCCCCCCCCCCCCCCCCCCCCCCCCC(=O)NC(COC1OC(CO)C(O)C(O)C1O)C(O)/C=C/CCCCCCCCC. The van der Waals surface area contributed by atoms with Crippen LogP contribution in [-0.4, -0.2) is 100 Å². The monoisotopic (exact) mass is 1270 g/mol. The quantitative estimate of drug-likeness (QED) is 0.0195. The van der Waals surface area contributed by atoms with E-state index in [0.717, 1.165) is 64.2 Å². The molecule has 90 heavy (non-hydrogen) atoms. The van der Waals surface area contributed by atoms with Gasteiger partial charge in [-0.2, -0.15) is 0 Å². The van der Waals surface area contributed by atoms with Gasteiger partial charge in [0.2, 0.25) is 5.91 Å². The van der Waals surface area contributed by atoms with Crippen LogP contribution < -0.4 is 5.32 Å². The van der Waals surface area contributed by atoms with Crippen molar-refractivity contribution in [2.75, 3.05) is 19.8 Å². The van der Waals surface area contributed by atoms with E-state index in [1.54, 1.807) is 6.08 Å². The number of esters is 1. The average molecular weight is 1270 g/mol. The molecule has 0 bridgehead atoms. The summed E-state index contributed by atoms with van der Waals surface area (Å²) >= 11 is 0. The Morgan fingerprint density at radius 1 is 0.411 bits per heavy atom. The second-order valence-electron chi connectivity index (χ2n) is 27.4. The van der Waals surface area contributed by atoms with Crippen LogP contribution in [0.15, 0.2) is 36.5 Å². The number of ether oxygens (including phenoxy) is 3. The van der Waals surface area contributed by atoms with Gasteiger partial charge in [-0.3, -0.25) is 9.59 Å². The lowest BCUT2D eigenvalue weighted by molar-refractivity contribution is -0.302. The van der Waals surface area contributed by atoms with Gasteiger partial charge in [-0.15, -0.1) is 0 Å². The number of hydrogen-bond donors (Lipinski definition) is 6. The number of aliphatic hydroxyl groups is 5. The lowest BCUT2D eigenvalue weighted by atomic mass is 9.99. The van der Waals surface area contributed by atoms with E-state index in [0.29, 0.717) is 19.4 Å². The summed E-state index contributed by atoms with van der Waals surface area (Å²) in [6.45, 7) is 4.31. The summed E-state index contributed by atoms with van der Waals surface area (Å²) in [5.41, 5.74) is 0. The predicted octanol–water partition coefficient (Wildman–Crippen LogP) is 20.9. The van der Waals surface area contributed by atoms with E-state index in [9.17, 15) is 35.1 Å². The van der Waals surface area contributed by atoms with Crippen LogP contribution in [0.4, 0.5) is 0 Å². The number of allylic oxidation sites excluding steroid dienone is 5. The van der Waals surface area contributed by atoms with Crippen LogP contribution >= 0.6 is 0 Å². The molecular formula is C79H149NO10. The second kappa shape index (κ2) is 68.3. The highest BCUT2D eigenvalue weighted by atomic mass is 16.7. The van der Waals surface area contributed by atoms with Crippen LogP contribution in [-0.2, 0) is 23.8 Å². The Morgan fingerprint density at radius 3 is 1.16 bits per heavy atom. The predicted molar refractivity (Wildman–Crippen MR) is 380 cm³/mol. The van der Waals surface area contributed by atoms with Crippen LogP contribution in [0.2, 0.25) is 0 Å². The van der Waals surface area contributed by atoms with Crippen molar-refractivity contribution in [1.82, 2.24) is 5.32 Å². The third-order valence-corrected chi connectivity index (χ3v) is 18.7. The molecule has 7 unspecified atom stereocenters. The van der Waals surface area contributed by atoms with Gasteiger partial charge in [0.25, 0.3) is 0 Å². The van der Waals surface area contributed by atoms with Crippen molar-refractivity contribution in [2.45, 2.75) is 436 Å². The van der Waals surface area contributed by atoms with Gasteiger partial charge in [0.15, 0.2) is 6.29 Å². The summed E-state index contributed by atoms with van der Waals surface area (Å²) in [7, 11) is 0. The minimum absolute atomic E-state index is 0.00400. The number of hydrogen-bond acceptors (Lipinski definition) is 10. The number of carbonyl (C=O) groups is 2. The van der Waals surface area contributed by atoms with E-state index in [2.05, 4.69) is 43.5 Å². The number of carbonyl (C=O) groups excluding carboxylic acids is 2. The Balaban J connectivity index is 1.83. The van der Waals surface area contributed by atoms with Gasteiger partial charge in [-0.05, 0) is 57.8 Å². The van der Waals surface area contributed by atoms with Crippen LogP contribution in [0.1, 0.15) is 393 Å². The molecule has 7 atom stereocenters. The topological polar surface area (TPSA) is 175 Å². The number of aliphatic hydroxyl groups excluding tert-OH is 5. The van der Waals surface area contributed by atoms with Gasteiger partial charge in [0, 0.05) is 12.8 Å². The molecule has 530 valence electrons. The van der Waals surface area contributed by atoms with Crippen molar-refractivity contribution >= 4 is 11.9 Å². The minimum Gasteiger partial charge on any atom is -0.466 e. The molecule has 0 aromatic heterocycles. The molecule has 1 amide bonds. The Hall–Kier alpha value is -2.12. The summed E-state index contributed by atoms with van der Waals surface area (Å²) in [5.74, 6) is -0.172. The molecule has 1 rings (SSSR count). The van der Waals surface area contributed by atoms with Crippen molar-refractivity contribution in [3.8, 4) is 0 Å². The first kappa shape index (κ1) is 85.9. The van der Waals surface area contributed by atoms with Crippen LogP contribution in [0.5, 0.6) is 0 Å². The van der Waals surface area contributed by atoms with Crippen LogP contribution in [0.3, 0.4) is 0 Å². The van der Waals surface area contributed by atoms with Crippen molar-refractivity contribution in [3.05, 3.63) is 36.5 Å². The molecule has 1 saturated heterocycles. The summed E-state index contributed by atoms with van der Waals surface area (Å²) < 4.78 is 16.7. The zero-order valence-electron chi connectivity index (χ0n) is 59.1. The normalized spacial score (nSPS) is 17.8. The summed E-state index contributed by atoms with van der Waals surface area (Å²) in [6, 6.07) is -0.804. The van der Waals surface area contributed by atoms with E-state index in [1.807, 2.05) is 6.08 Å². The second-order valence-corrected chi connectivity index (χ2v) is 27.4. The highest BCUT2D eigenvalue weighted by Gasteiger charge is 2.44. The lowest BCUT2D eigenvalue weighted by Crippen LogP contribution is -2.60. The largest absolute Gasteiger partial charge is 0.466 e. The van der Waals surface area contributed by atoms with Gasteiger partial charge >= 0.3 is 5.97 Å². The smallest absolute Gasteiger partial charge is 0.305 e. The van der Waals surface area contributed by atoms with Crippen LogP contribution in [0.25, 0.3) is 0 Å². The third kappa shape index (κ3) is 56.2. The van der Waals surface area contributed by atoms with E-state index in [4.69, 9.17) is 14.2 Å². The number of nitrogens with one attached hydrogen (secondary N) is 1. The molecule has 0 radical (unpaired) electrons. The van der Waals surface area contributed by atoms with Gasteiger partial charge in [-0.25, -0.2) is 0 Å². The zero-order valence-corrected chi connectivity index (χ0v) is 59.1. The summed E-state index contributed by atoms with van der Waals surface area (Å²) in [5, 5.41) is 54.3. The first-order valence-electron chi connectivity index (χ1n) is 39.3. The fraction of sp³-hybridized carbons (Fsp3) is 0.899. The van der Waals surface area contributed by atoms with Gasteiger partial charge in [-0.1, -0.05) is 359 Å². The zero-order chi connectivity index (χ0) is 65.1. The van der Waals surface area contributed by atoms with Crippen molar-refractivity contribution in [1.29, 1.82) is 0 Å². The maximum atomic E-state index is 13.0. The number of rotatable bonds is 70. The Kier molecular flexibility index (Phi) is 65.2. The minimum atomic E-state index is -1.57. The average Bonchev–Trinajstić information content (AvgIpc) is 1.59. The van der Waals surface area contributed by atoms with Crippen molar-refractivity contribution < 1.29 is 49.3 Å². The molecule has 0 aliphatic carbocycles. The molecule has 1 aliphatic rings. The fourth-order valence-electron chi connectivity index (χ4n) is 12.6. The number of unbranched alkanes of at least 4 members (excludes halogenated alkanes) is 52. The lowest BCUT2D eigenvalue weighted by Gasteiger charge is -2.40. The molecule has 0 aromatic carbocycles.